The number of carbonyl (C=O) groups excluding carboxylic acids is 1. The number of benzene rings is 1. The molecular formula is C15H18N2O3. The average molecular weight is 274 g/mol. The van der Waals surface area contributed by atoms with E-state index >= 15 is 0 Å². The van der Waals surface area contributed by atoms with Crippen molar-refractivity contribution in [1.29, 1.82) is 0 Å². The van der Waals surface area contributed by atoms with E-state index in [0.717, 1.165) is 5.56 Å². The molecule has 0 aliphatic heterocycles. The van der Waals surface area contributed by atoms with Crippen LogP contribution in [-0.4, -0.2) is 34.6 Å². The Hall–Kier alpha value is -2.48. The van der Waals surface area contributed by atoms with Gasteiger partial charge in [0, 0.05) is 13.6 Å². The lowest BCUT2D eigenvalue weighted by atomic mass is 10.1. The van der Waals surface area contributed by atoms with E-state index in [1.54, 1.807) is 33.0 Å². The molecule has 106 valence electrons. The highest BCUT2D eigenvalue weighted by atomic mass is 16.4. The van der Waals surface area contributed by atoms with Gasteiger partial charge in [-0.25, -0.2) is 9.59 Å². The molecule has 1 aromatic rings. The van der Waals surface area contributed by atoms with E-state index in [-0.39, 0.29) is 11.6 Å². The topological polar surface area (TPSA) is 69.6 Å². The molecule has 0 saturated carbocycles. The van der Waals surface area contributed by atoms with E-state index in [0.29, 0.717) is 6.54 Å². The van der Waals surface area contributed by atoms with Crippen LogP contribution >= 0.6 is 0 Å². The second kappa shape index (κ2) is 6.11. The smallest absolute Gasteiger partial charge is 0.335 e. The lowest BCUT2D eigenvalue weighted by Gasteiger charge is -2.25. The molecule has 0 aliphatic carbocycles. The molecule has 2 N–H and O–H groups in total. The highest BCUT2D eigenvalue weighted by Crippen LogP contribution is 2.08. The SMILES string of the molecule is C#CC(C)(C)NC(=O)N(C)Cc1ccc(C(=O)O)cc1. The third-order valence-electron chi connectivity index (χ3n) is 2.75. The molecule has 0 bridgehead atoms. The Balaban J connectivity index is 2.66. The van der Waals surface area contributed by atoms with E-state index in [2.05, 4.69) is 11.2 Å². The normalized spacial score (nSPS) is 10.5. The fourth-order valence-corrected chi connectivity index (χ4v) is 1.50. The third kappa shape index (κ3) is 4.32. The van der Waals surface area contributed by atoms with Gasteiger partial charge in [-0.15, -0.1) is 6.42 Å². The van der Waals surface area contributed by atoms with Gasteiger partial charge in [-0.3, -0.25) is 0 Å². The number of urea groups is 1. The molecule has 0 spiro atoms. The summed E-state index contributed by atoms with van der Waals surface area (Å²) < 4.78 is 0. The molecule has 20 heavy (non-hydrogen) atoms. The maximum atomic E-state index is 11.9. The van der Waals surface area contributed by atoms with Gasteiger partial charge in [0.25, 0.3) is 0 Å². The van der Waals surface area contributed by atoms with Crippen LogP contribution in [0.3, 0.4) is 0 Å². The number of nitrogens with one attached hydrogen (secondary N) is 1. The second-order valence-corrected chi connectivity index (χ2v) is 5.06. The first kappa shape index (κ1) is 15.6. The molecule has 0 fully saturated rings. The Kier molecular flexibility index (Phi) is 4.76. The standard InChI is InChI=1S/C15H18N2O3/c1-5-15(2,3)16-14(20)17(4)10-11-6-8-12(9-7-11)13(18)19/h1,6-9H,10H2,2-4H3,(H,16,20)(H,18,19). The Bertz CT molecular complexity index is 541. The molecule has 0 aromatic heterocycles. The summed E-state index contributed by atoms with van der Waals surface area (Å²) in [6.45, 7) is 3.84. The summed E-state index contributed by atoms with van der Waals surface area (Å²) in [5.74, 6) is 1.51. The maximum Gasteiger partial charge on any atom is 0.335 e. The molecular weight excluding hydrogens is 256 g/mol. The quantitative estimate of drug-likeness (QED) is 0.824. The molecule has 1 aromatic carbocycles. The van der Waals surface area contributed by atoms with Crippen LogP contribution in [0.15, 0.2) is 24.3 Å². The van der Waals surface area contributed by atoms with Crippen LogP contribution in [0.25, 0.3) is 0 Å². The van der Waals surface area contributed by atoms with Crippen LogP contribution in [0.4, 0.5) is 4.79 Å². The largest absolute Gasteiger partial charge is 0.478 e. The monoisotopic (exact) mass is 274 g/mol. The average Bonchev–Trinajstić information content (AvgIpc) is 2.38. The molecule has 0 unspecified atom stereocenters. The minimum atomic E-state index is -0.974. The first-order valence-corrected chi connectivity index (χ1v) is 6.08. The lowest BCUT2D eigenvalue weighted by Crippen LogP contribution is -2.47. The fraction of sp³-hybridized carbons (Fsp3) is 0.333. The predicted octanol–water partition coefficient (Wildman–Crippen LogP) is 1.94. The highest BCUT2D eigenvalue weighted by Gasteiger charge is 2.19. The summed E-state index contributed by atoms with van der Waals surface area (Å²) >= 11 is 0. The number of nitrogens with zero attached hydrogens (tertiary/aromatic N) is 1. The van der Waals surface area contributed by atoms with Crippen LogP contribution in [0.5, 0.6) is 0 Å². The predicted molar refractivity (Wildman–Crippen MR) is 76.3 cm³/mol. The summed E-state index contributed by atoms with van der Waals surface area (Å²) in [7, 11) is 1.65. The number of hydrogen-bond acceptors (Lipinski definition) is 2. The van der Waals surface area contributed by atoms with Gasteiger partial charge in [-0.1, -0.05) is 18.1 Å². The summed E-state index contributed by atoms with van der Waals surface area (Å²) in [5, 5.41) is 11.5. The van der Waals surface area contributed by atoms with E-state index in [9.17, 15) is 9.59 Å². The van der Waals surface area contributed by atoms with E-state index in [4.69, 9.17) is 11.5 Å². The van der Waals surface area contributed by atoms with Crippen molar-refractivity contribution in [2.75, 3.05) is 7.05 Å². The Labute approximate surface area is 118 Å². The Morgan fingerprint density at radius 3 is 2.35 bits per heavy atom. The first-order chi connectivity index (χ1) is 9.25. The molecule has 5 nitrogen and oxygen atoms in total. The molecule has 1 rings (SSSR count). The Morgan fingerprint density at radius 2 is 1.90 bits per heavy atom. The van der Waals surface area contributed by atoms with E-state index < -0.39 is 11.5 Å². The summed E-state index contributed by atoms with van der Waals surface area (Å²) in [6, 6.07) is 6.10. The zero-order valence-corrected chi connectivity index (χ0v) is 11.8. The number of rotatable bonds is 4. The van der Waals surface area contributed by atoms with Gasteiger partial charge in [0.05, 0.1) is 11.1 Å². The molecule has 0 atom stereocenters. The number of aromatic carboxylic acids is 1. The zero-order valence-electron chi connectivity index (χ0n) is 11.8. The van der Waals surface area contributed by atoms with Crippen molar-refractivity contribution in [2.24, 2.45) is 0 Å². The van der Waals surface area contributed by atoms with Crippen molar-refractivity contribution >= 4 is 12.0 Å². The van der Waals surface area contributed by atoms with Crippen LogP contribution < -0.4 is 5.32 Å². The molecule has 5 heteroatoms. The number of carboxylic acid groups (broad SMARTS) is 1. The van der Waals surface area contributed by atoms with Crippen molar-refractivity contribution < 1.29 is 14.7 Å². The summed E-state index contributed by atoms with van der Waals surface area (Å²) in [4.78, 5) is 24.1. The van der Waals surface area contributed by atoms with E-state index in [1.165, 1.54) is 17.0 Å². The van der Waals surface area contributed by atoms with Crippen LogP contribution in [0.1, 0.15) is 29.8 Å². The number of hydrogen-bond donors (Lipinski definition) is 2. The van der Waals surface area contributed by atoms with Crippen molar-refractivity contribution in [3.8, 4) is 12.3 Å². The lowest BCUT2D eigenvalue weighted by molar-refractivity contribution is 0.0697. The van der Waals surface area contributed by atoms with Gasteiger partial charge in [-0.05, 0) is 31.5 Å². The molecule has 0 saturated heterocycles. The van der Waals surface area contributed by atoms with Crippen molar-refractivity contribution in [1.82, 2.24) is 10.2 Å². The molecule has 2 amide bonds. The third-order valence-corrected chi connectivity index (χ3v) is 2.75. The molecule has 0 radical (unpaired) electrons. The number of amides is 2. The minimum Gasteiger partial charge on any atom is -0.478 e. The van der Waals surface area contributed by atoms with Gasteiger partial charge >= 0.3 is 12.0 Å². The van der Waals surface area contributed by atoms with Crippen LogP contribution in [0.2, 0.25) is 0 Å². The van der Waals surface area contributed by atoms with Crippen LogP contribution in [0, 0.1) is 12.3 Å². The van der Waals surface area contributed by atoms with Gasteiger partial charge in [0.15, 0.2) is 0 Å². The summed E-state index contributed by atoms with van der Waals surface area (Å²) in [5.41, 5.74) is 0.346. The van der Waals surface area contributed by atoms with Gasteiger partial charge in [-0.2, -0.15) is 0 Å². The minimum absolute atomic E-state index is 0.217. The van der Waals surface area contributed by atoms with Gasteiger partial charge in [0.1, 0.15) is 0 Å². The fourth-order valence-electron chi connectivity index (χ4n) is 1.50. The summed E-state index contributed by atoms with van der Waals surface area (Å²) in [6.07, 6.45) is 5.31. The number of carboxylic acids is 1. The second-order valence-electron chi connectivity index (χ2n) is 5.06. The number of carbonyl (C=O) groups is 2. The van der Waals surface area contributed by atoms with E-state index in [1.807, 2.05) is 0 Å². The van der Waals surface area contributed by atoms with Gasteiger partial charge < -0.3 is 15.3 Å². The number of terminal acetylenes is 1. The molecule has 0 aliphatic rings. The van der Waals surface area contributed by atoms with Crippen molar-refractivity contribution in [2.45, 2.75) is 25.9 Å². The maximum absolute atomic E-state index is 11.9. The first-order valence-electron chi connectivity index (χ1n) is 6.08. The van der Waals surface area contributed by atoms with Crippen LogP contribution in [-0.2, 0) is 6.54 Å². The highest BCUT2D eigenvalue weighted by molar-refractivity contribution is 5.87. The van der Waals surface area contributed by atoms with Crippen molar-refractivity contribution in [3.05, 3.63) is 35.4 Å². The molecule has 0 heterocycles. The Morgan fingerprint density at radius 1 is 1.35 bits per heavy atom. The van der Waals surface area contributed by atoms with Crippen molar-refractivity contribution in [3.63, 3.8) is 0 Å². The van der Waals surface area contributed by atoms with Gasteiger partial charge in [0.2, 0.25) is 0 Å². The zero-order chi connectivity index (χ0) is 15.3.